The van der Waals surface area contributed by atoms with E-state index in [-0.39, 0.29) is 0 Å². The molecular weight excluding hydrogens is 260 g/mol. The summed E-state index contributed by atoms with van der Waals surface area (Å²) in [5.41, 5.74) is 5.12. The molecule has 0 saturated heterocycles. The van der Waals surface area contributed by atoms with Crippen LogP contribution in [0.4, 0.5) is 0 Å². The molecule has 1 atom stereocenters. The average Bonchev–Trinajstić information content (AvgIpc) is 2.52. The summed E-state index contributed by atoms with van der Waals surface area (Å²) in [6.45, 7) is 2.62. The van der Waals surface area contributed by atoms with Gasteiger partial charge in [0.05, 0.1) is 0 Å². The summed E-state index contributed by atoms with van der Waals surface area (Å²) in [6.07, 6.45) is 7.34. The Morgan fingerprint density at radius 3 is 3.00 bits per heavy atom. The minimum Gasteiger partial charge on any atom is -0.489 e. The third kappa shape index (κ3) is 3.24. The molecule has 0 fully saturated rings. The Morgan fingerprint density at radius 2 is 2.19 bits per heavy atom. The summed E-state index contributed by atoms with van der Waals surface area (Å²) in [6, 6.07) is 9.09. The van der Waals surface area contributed by atoms with Gasteiger partial charge in [-0.2, -0.15) is 0 Å². The fourth-order valence-corrected chi connectivity index (χ4v) is 3.04. The highest BCUT2D eigenvalue weighted by molar-refractivity contribution is 5.39. The lowest BCUT2D eigenvalue weighted by atomic mass is 9.87. The van der Waals surface area contributed by atoms with Gasteiger partial charge >= 0.3 is 0 Å². The highest BCUT2D eigenvalue weighted by Gasteiger charge is 2.18. The van der Waals surface area contributed by atoms with Crippen molar-refractivity contribution in [3.05, 3.63) is 58.9 Å². The van der Waals surface area contributed by atoms with Crippen molar-refractivity contribution in [1.82, 2.24) is 10.3 Å². The van der Waals surface area contributed by atoms with E-state index in [1.807, 2.05) is 26.4 Å². The number of fused-ring (bicyclic) bond motifs is 1. The molecule has 1 aliphatic carbocycles. The van der Waals surface area contributed by atoms with Crippen molar-refractivity contribution in [2.45, 2.75) is 38.8 Å². The topological polar surface area (TPSA) is 34.1 Å². The molecule has 1 unspecified atom stereocenters. The van der Waals surface area contributed by atoms with Crippen LogP contribution in [-0.4, -0.2) is 12.0 Å². The summed E-state index contributed by atoms with van der Waals surface area (Å²) in [4.78, 5) is 4.20. The molecule has 2 aromatic rings. The Bertz CT molecular complexity index is 624. The van der Waals surface area contributed by atoms with Crippen LogP contribution in [0.25, 0.3) is 0 Å². The Balaban J connectivity index is 1.72. The summed E-state index contributed by atoms with van der Waals surface area (Å²) in [7, 11) is 2.04. The molecule has 1 N–H and O–H groups in total. The van der Waals surface area contributed by atoms with Crippen molar-refractivity contribution in [1.29, 1.82) is 0 Å². The third-order valence-corrected chi connectivity index (χ3v) is 4.11. The number of hydrogen-bond donors (Lipinski definition) is 1. The Morgan fingerprint density at radius 1 is 1.29 bits per heavy atom. The standard InChI is InChI=1S/C18H22N2O/c1-13-8-14(11-20-10-13)12-21-16-6-7-17-15(9-16)4-3-5-18(17)19-2/h6-11,18-19H,3-5,12H2,1-2H3. The molecule has 3 heteroatoms. The van der Waals surface area contributed by atoms with Gasteiger partial charge in [-0.25, -0.2) is 0 Å². The lowest BCUT2D eigenvalue weighted by Crippen LogP contribution is -2.21. The number of aryl methyl sites for hydroxylation is 2. The van der Waals surface area contributed by atoms with Gasteiger partial charge < -0.3 is 10.1 Å². The maximum absolute atomic E-state index is 5.92. The van der Waals surface area contributed by atoms with Crippen LogP contribution in [0, 0.1) is 6.92 Å². The van der Waals surface area contributed by atoms with E-state index < -0.39 is 0 Å². The van der Waals surface area contributed by atoms with Crippen molar-refractivity contribution in [2.24, 2.45) is 0 Å². The number of nitrogens with one attached hydrogen (secondary N) is 1. The van der Waals surface area contributed by atoms with Gasteiger partial charge in [0.25, 0.3) is 0 Å². The molecule has 0 bridgehead atoms. The van der Waals surface area contributed by atoms with E-state index in [0.717, 1.165) is 17.7 Å². The average molecular weight is 282 g/mol. The first-order chi connectivity index (χ1) is 10.3. The molecule has 0 aliphatic heterocycles. The lowest BCUT2D eigenvalue weighted by molar-refractivity contribution is 0.305. The molecule has 0 saturated carbocycles. The molecule has 3 nitrogen and oxygen atoms in total. The molecule has 110 valence electrons. The minimum absolute atomic E-state index is 0.490. The zero-order valence-electron chi connectivity index (χ0n) is 12.7. The molecule has 0 spiro atoms. The number of aromatic nitrogens is 1. The summed E-state index contributed by atoms with van der Waals surface area (Å²) < 4.78 is 5.92. The number of benzene rings is 1. The normalized spacial score (nSPS) is 17.3. The van der Waals surface area contributed by atoms with E-state index in [0.29, 0.717) is 12.6 Å². The first-order valence-corrected chi connectivity index (χ1v) is 7.59. The SMILES string of the molecule is CNC1CCCc2cc(OCc3cncc(C)c3)ccc21. The van der Waals surface area contributed by atoms with Crippen LogP contribution in [0.15, 0.2) is 36.7 Å². The zero-order valence-corrected chi connectivity index (χ0v) is 12.7. The number of hydrogen-bond acceptors (Lipinski definition) is 3. The molecule has 1 aliphatic rings. The Kier molecular flexibility index (Phi) is 4.20. The molecule has 1 aromatic heterocycles. The molecular formula is C18H22N2O. The summed E-state index contributed by atoms with van der Waals surface area (Å²) >= 11 is 0. The van der Waals surface area contributed by atoms with Crippen molar-refractivity contribution in [2.75, 3.05) is 7.05 Å². The third-order valence-electron chi connectivity index (χ3n) is 4.11. The second kappa shape index (κ2) is 6.27. The number of pyridine rings is 1. The molecule has 1 aromatic carbocycles. The first-order valence-electron chi connectivity index (χ1n) is 7.59. The Labute approximate surface area is 126 Å². The van der Waals surface area contributed by atoms with Gasteiger partial charge in [0.1, 0.15) is 12.4 Å². The zero-order chi connectivity index (χ0) is 14.7. The van der Waals surface area contributed by atoms with E-state index in [2.05, 4.69) is 34.6 Å². The van der Waals surface area contributed by atoms with Crippen LogP contribution < -0.4 is 10.1 Å². The van der Waals surface area contributed by atoms with E-state index >= 15 is 0 Å². The van der Waals surface area contributed by atoms with E-state index in [1.54, 1.807) is 0 Å². The Hall–Kier alpha value is -1.87. The second-order valence-corrected chi connectivity index (χ2v) is 5.75. The smallest absolute Gasteiger partial charge is 0.120 e. The maximum Gasteiger partial charge on any atom is 0.120 e. The summed E-state index contributed by atoms with van der Waals surface area (Å²) in [5, 5.41) is 3.39. The fraction of sp³-hybridized carbons (Fsp3) is 0.389. The number of nitrogens with zero attached hydrogens (tertiary/aromatic N) is 1. The van der Waals surface area contributed by atoms with Crippen LogP contribution in [-0.2, 0) is 13.0 Å². The van der Waals surface area contributed by atoms with Gasteiger partial charge in [0, 0.05) is 24.0 Å². The van der Waals surface area contributed by atoms with Crippen molar-refractivity contribution >= 4 is 0 Å². The molecule has 21 heavy (non-hydrogen) atoms. The van der Waals surface area contributed by atoms with E-state index in [1.165, 1.54) is 29.5 Å². The van der Waals surface area contributed by atoms with Crippen LogP contribution in [0.2, 0.25) is 0 Å². The highest BCUT2D eigenvalue weighted by atomic mass is 16.5. The van der Waals surface area contributed by atoms with E-state index in [9.17, 15) is 0 Å². The van der Waals surface area contributed by atoms with Crippen LogP contribution in [0.5, 0.6) is 5.75 Å². The van der Waals surface area contributed by atoms with Gasteiger partial charge in [0.2, 0.25) is 0 Å². The van der Waals surface area contributed by atoms with Gasteiger partial charge in [-0.05, 0) is 68.1 Å². The predicted octanol–water partition coefficient (Wildman–Crippen LogP) is 3.57. The maximum atomic E-state index is 5.92. The van der Waals surface area contributed by atoms with Gasteiger partial charge in [0.15, 0.2) is 0 Å². The second-order valence-electron chi connectivity index (χ2n) is 5.75. The largest absolute Gasteiger partial charge is 0.489 e. The van der Waals surface area contributed by atoms with Crippen LogP contribution in [0.1, 0.15) is 41.1 Å². The fourth-order valence-electron chi connectivity index (χ4n) is 3.04. The van der Waals surface area contributed by atoms with Gasteiger partial charge in [-0.15, -0.1) is 0 Å². The minimum atomic E-state index is 0.490. The molecule has 0 amide bonds. The number of ether oxygens (including phenoxy) is 1. The van der Waals surface area contributed by atoms with Gasteiger partial charge in [-0.3, -0.25) is 4.98 Å². The number of rotatable bonds is 4. The van der Waals surface area contributed by atoms with Gasteiger partial charge in [-0.1, -0.05) is 6.07 Å². The highest BCUT2D eigenvalue weighted by Crippen LogP contribution is 2.32. The predicted molar refractivity (Wildman–Crippen MR) is 84.5 cm³/mol. The monoisotopic (exact) mass is 282 g/mol. The van der Waals surface area contributed by atoms with Crippen molar-refractivity contribution in [3.63, 3.8) is 0 Å². The van der Waals surface area contributed by atoms with Crippen molar-refractivity contribution < 1.29 is 4.74 Å². The molecule has 3 rings (SSSR count). The molecule has 1 heterocycles. The van der Waals surface area contributed by atoms with Crippen LogP contribution >= 0.6 is 0 Å². The van der Waals surface area contributed by atoms with Crippen LogP contribution in [0.3, 0.4) is 0 Å². The van der Waals surface area contributed by atoms with Crippen molar-refractivity contribution in [3.8, 4) is 5.75 Å². The lowest BCUT2D eigenvalue weighted by Gasteiger charge is -2.25. The first kappa shape index (κ1) is 14.1. The van der Waals surface area contributed by atoms with E-state index in [4.69, 9.17) is 4.74 Å². The summed E-state index contributed by atoms with van der Waals surface area (Å²) in [5.74, 6) is 0.951. The quantitative estimate of drug-likeness (QED) is 0.931. The molecule has 0 radical (unpaired) electrons.